The van der Waals surface area contributed by atoms with Crippen LogP contribution in [0.4, 0.5) is 0 Å². The summed E-state index contributed by atoms with van der Waals surface area (Å²) in [5, 5.41) is 12.5. The van der Waals surface area contributed by atoms with Crippen molar-refractivity contribution < 1.29 is 5.11 Å². The summed E-state index contributed by atoms with van der Waals surface area (Å²) in [5.41, 5.74) is 1.89. The van der Waals surface area contributed by atoms with Crippen LogP contribution in [0.5, 0.6) is 5.75 Å². The van der Waals surface area contributed by atoms with Crippen LogP contribution in [0, 0.1) is 0 Å². The van der Waals surface area contributed by atoms with Gasteiger partial charge in [0.2, 0.25) is 0 Å². The highest BCUT2D eigenvalue weighted by Gasteiger charge is 2.20. The maximum atomic E-state index is 10.4. The zero-order valence-corrected chi connectivity index (χ0v) is 12.1. The van der Waals surface area contributed by atoms with Crippen molar-refractivity contribution in [3.8, 4) is 5.75 Å². The number of rotatable bonds is 3. The van der Waals surface area contributed by atoms with Gasteiger partial charge < -0.3 is 10.1 Å². The zero-order chi connectivity index (χ0) is 14.0. The summed E-state index contributed by atoms with van der Waals surface area (Å²) >= 11 is 0. The summed E-state index contributed by atoms with van der Waals surface area (Å²) in [5.74, 6) is 0.411. The van der Waals surface area contributed by atoms with Gasteiger partial charge in [0.05, 0.1) is 6.54 Å². The molecule has 3 nitrogen and oxygen atoms in total. The molecule has 2 rings (SSSR count). The van der Waals surface area contributed by atoms with Crippen molar-refractivity contribution >= 4 is 0 Å². The molecule has 2 aromatic rings. The lowest BCUT2D eigenvalue weighted by molar-refractivity contribution is 0.437. The highest BCUT2D eigenvalue weighted by Crippen LogP contribution is 2.33. The Morgan fingerprint density at radius 2 is 1.74 bits per heavy atom. The maximum Gasteiger partial charge on any atom is 0.124 e. The monoisotopic (exact) mass is 258 g/mol. The number of phenolic OH excluding ortho intramolecular Hbond substituents is 1. The molecular formula is C16H22N2O. The average molecular weight is 258 g/mol. The van der Waals surface area contributed by atoms with Gasteiger partial charge in [-0.3, -0.25) is 4.68 Å². The molecule has 0 atom stereocenters. The first-order chi connectivity index (χ1) is 8.89. The first-order valence-corrected chi connectivity index (χ1v) is 6.55. The molecule has 19 heavy (non-hydrogen) atoms. The minimum absolute atomic E-state index is 0.0495. The van der Waals surface area contributed by atoms with E-state index in [2.05, 4.69) is 25.8 Å². The lowest BCUT2D eigenvalue weighted by Gasteiger charge is -2.25. The van der Waals surface area contributed by atoms with Gasteiger partial charge in [-0.15, -0.1) is 0 Å². The van der Waals surface area contributed by atoms with Crippen LogP contribution in [-0.2, 0) is 12.0 Å². The summed E-state index contributed by atoms with van der Waals surface area (Å²) < 4.78 is 2.00. The molecule has 0 amide bonds. The van der Waals surface area contributed by atoms with E-state index in [1.54, 1.807) is 0 Å². The van der Waals surface area contributed by atoms with Gasteiger partial charge in [-0.05, 0) is 23.1 Å². The quantitative estimate of drug-likeness (QED) is 0.915. The molecule has 1 aromatic carbocycles. The average Bonchev–Trinajstić information content (AvgIpc) is 2.83. The minimum Gasteiger partial charge on any atom is -0.507 e. The number of benzene rings is 1. The Bertz CT molecular complexity index is 538. The third-order valence-electron chi connectivity index (χ3n) is 3.31. The fourth-order valence-corrected chi connectivity index (χ4v) is 2.21. The molecule has 0 radical (unpaired) electrons. The lowest BCUT2D eigenvalue weighted by atomic mass is 9.85. The molecule has 0 saturated carbocycles. The van der Waals surface area contributed by atoms with E-state index >= 15 is 0 Å². The third-order valence-corrected chi connectivity index (χ3v) is 3.31. The molecule has 0 unspecified atom stereocenters. The van der Waals surface area contributed by atoms with E-state index in [4.69, 9.17) is 0 Å². The van der Waals surface area contributed by atoms with Crippen molar-refractivity contribution in [2.75, 3.05) is 12.1 Å². The zero-order valence-electron chi connectivity index (χ0n) is 12.1. The molecule has 0 aliphatic carbocycles. The van der Waals surface area contributed by atoms with Gasteiger partial charge >= 0.3 is 0 Å². The van der Waals surface area contributed by atoms with Crippen LogP contribution in [-0.4, -0.2) is 16.8 Å². The van der Waals surface area contributed by atoms with Crippen LogP contribution >= 0.6 is 0 Å². The maximum absolute atomic E-state index is 10.4. The van der Waals surface area contributed by atoms with Crippen LogP contribution in [0.15, 0.2) is 42.7 Å². The molecule has 0 aliphatic rings. The van der Waals surface area contributed by atoms with Crippen molar-refractivity contribution in [1.82, 2.24) is 4.68 Å². The minimum atomic E-state index is -0.0495. The second-order valence-corrected chi connectivity index (χ2v) is 5.94. The fraction of sp³-hybridized carbons (Fsp3) is 0.375. The lowest BCUT2D eigenvalue weighted by Crippen LogP contribution is -2.28. The molecule has 0 bridgehead atoms. The van der Waals surface area contributed by atoms with E-state index in [0.29, 0.717) is 12.3 Å². The Hall–Kier alpha value is -1.90. The second kappa shape index (κ2) is 5.00. The Labute approximate surface area is 115 Å². The van der Waals surface area contributed by atoms with Gasteiger partial charge in [0.15, 0.2) is 0 Å². The number of para-hydroxylation sites is 1. The topological polar surface area (TPSA) is 28.4 Å². The van der Waals surface area contributed by atoms with Crippen molar-refractivity contribution in [2.24, 2.45) is 0 Å². The Kier molecular flexibility index (Phi) is 3.56. The van der Waals surface area contributed by atoms with Crippen molar-refractivity contribution in [2.45, 2.75) is 32.7 Å². The highest BCUT2D eigenvalue weighted by molar-refractivity contribution is 5.44. The molecule has 1 aromatic heterocycles. The van der Waals surface area contributed by atoms with E-state index in [1.165, 1.54) is 0 Å². The number of nitrogens with zero attached hydrogens (tertiary/aromatic N) is 2. The molecule has 0 fully saturated rings. The predicted octanol–water partition coefficient (Wildman–Crippen LogP) is 3.26. The standard InChI is InChI=1S/C16H22N2O/c1-16(2,3)14-9-7-8-13(15(14)19)12-17(4)18-10-5-6-11-18/h5-11,19H,12H2,1-4H3. The van der Waals surface area contributed by atoms with Crippen LogP contribution in [0.1, 0.15) is 31.9 Å². The molecule has 0 aliphatic heterocycles. The Balaban J connectivity index is 2.27. The molecule has 1 N–H and O–H groups in total. The second-order valence-electron chi connectivity index (χ2n) is 5.94. The summed E-state index contributed by atoms with van der Waals surface area (Å²) in [7, 11) is 2.00. The molecule has 1 heterocycles. The largest absolute Gasteiger partial charge is 0.507 e. The predicted molar refractivity (Wildman–Crippen MR) is 79.1 cm³/mol. The summed E-state index contributed by atoms with van der Waals surface area (Å²) in [6.45, 7) is 7.01. The summed E-state index contributed by atoms with van der Waals surface area (Å²) in [4.78, 5) is 0. The first-order valence-electron chi connectivity index (χ1n) is 6.55. The van der Waals surface area contributed by atoms with Gasteiger partial charge in [-0.2, -0.15) is 0 Å². The Morgan fingerprint density at radius 1 is 1.11 bits per heavy atom. The normalized spacial score (nSPS) is 11.6. The molecule has 0 saturated heterocycles. The number of aromatic hydroxyl groups is 1. The van der Waals surface area contributed by atoms with Gasteiger partial charge in [-0.25, -0.2) is 0 Å². The first kappa shape index (κ1) is 13.5. The van der Waals surface area contributed by atoms with Gasteiger partial charge in [-0.1, -0.05) is 39.0 Å². The molecule has 102 valence electrons. The van der Waals surface area contributed by atoms with E-state index in [9.17, 15) is 5.11 Å². The van der Waals surface area contributed by atoms with Gasteiger partial charge in [0, 0.05) is 25.0 Å². The van der Waals surface area contributed by atoms with E-state index in [0.717, 1.165) is 11.1 Å². The van der Waals surface area contributed by atoms with Gasteiger partial charge in [0.25, 0.3) is 0 Å². The summed E-state index contributed by atoms with van der Waals surface area (Å²) in [6, 6.07) is 9.96. The van der Waals surface area contributed by atoms with Crippen LogP contribution in [0.3, 0.4) is 0 Å². The van der Waals surface area contributed by atoms with Crippen LogP contribution in [0.2, 0.25) is 0 Å². The molecule has 3 heteroatoms. The van der Waals surface area contributed by atoms with Crippen LogP contribution in [0.25, 0.3) is 0 Å². The molecular weight excluding hydrogens is 236 g/mol. The van der Waals surface area contributed by atoms with E-state index in [-0.39, 0.29) is 5.41 Å². The SMILES string of the molecule is CN(Cc1cccc(C(C)(C)C)c1O)n1cccc1. The molecule has 0 spiro atoms. The van der Waals surface area contributed by atoms with Crippen molar-refractivity contribution in [1.29, 1.82) is 0 Å². The van der Waals surface area contributed by atoms with Crippen molar-refractivity contribution in [3.05, 3.63) is 53.9 Å². The van der Waals surface area contributed by atoms with Crippen LogP contribution < -0.4 is 5.01 Å². The number of aromatic nitrogens is 1. The smallest absolute Gasteiger partial charge is 0.124 e. The van der Waals surface area contributed by atoms with E-state index < -0.39 is 0 Å². The van der Waals surface area contributed by atoms with E-state index in [1.807, 2.05) is 54.4 Å². The number of hydrogen-bond acceptors (Lipinski definition) is 2. The fourth-order valence-electron chi connectivity index (χ4n) is 2.21. The van der Waals surface area contributed by atoms with Gasteiger partial charge in [0.1, 0.15) is 5.75 Å². The number of phenols is 1. The summed E-state index contributed by atoms with van der Waals surface area (Å²) in [6.07, 6.45) is 3.98. The van der Waals surface area contributed by atoms with Crippen molar-refractivity contribution in [3.63, 3.8) is 0 Å². The Morgan fingerprint density at radius 3 is 2.32 bits per heavy atom. The highest BCUT2D eigenvalue weighted by atomic mass is 16.3. The third kappa shape index (κ3) is 2.92. The number of hydrogen-bond donors (Lipinski definition) is 1.